The minimum absolute atomic E-state index is 0.00228. The molecule has 1 aliphatic heterocycles. The van der Waals surface area contributed by atoms with Gasteiger partial charge in [-0.2, -0.15) is 18.2 Å². The van der Waals surface area contributed by atoms with Gasteiger partial charge in [0, 0.05) is 51.4 Å². The maximum absolute atomic E-state index is 12.4. The summed E-state index contributed by atoms with van der Waals surface area (Å²) in [6, 6.07) is 0. The van der Waals surface area contributed by atoms with Crippen molar-refractivity contribution < 1.29 is 46.8 Å². The molecule has 168 valence electrons. The molecule has 0 aliphatic carbocycles. The average molecular weight is 435 g/mol. The topological polar surface area (TPSA) is 115 Å². The van der Waals surface area contributed by atoms with Crippen LogP contribution >= 0.6 is 0 Å². The third-order valence-corrected chi connectivity index (χ3v) is 4.40. The van der Waals surface area contributed by atoms with E-state index in [0.29, 0.717) is 19.3 Å². The van der Waals surface area contributed by atoms with Gasteiger partial charge in [-0.15, -0.1) is 0 Å². The largest absolute Gasteiger partial charge is 0.493 e. The minimum Gasteiger partial charge on any atom is -0.329 e. The van der Waals surface area contributed by atoms with E-state index in [2.05, 4.69) is 4.84 Å². The molecule has 1 saturated heterocycles. The average Bonchev–Trinajstić information content (AvgIpc) is 2.65. The van der Waals surface area contributed by atoms with Gasteiger partial charge in [0.25, 0.3) is 5.91 Å². The number of hydroxylamine groups is 2. The number of nitrogens with zero attached hydrogens (tertiary/aromatic N) is 1. The zero-order valence-electron chi connectivity index (χ0n) is 16.4. The molecule has 0 aromatic carbocycles. The highest BCUT2D eigenvalue weighted by Gasteiger charge is 2.43. The number of rotatable bonds is 1. The van der Waals surface area contributed by atoms with Crippen molar-refractivity contribution in [1.29, 1.82) is 0 Å². The van der Waals surface area contributed by atoms with E-state index < -0.39 is 36.8 Å². The molecule has 0 atom stereocenters. The summed E-state index contributed by atoms with van der Waals surface area (Å²) in [4.78, 5) is 74.6. The highest BCUT2D eigenvalue weighted by molar-refractivity contribution is 5.91. The molecule has 1 rings (SSSR count). The smallest absolute Gasteiger partial charge is 0.329 e. The van der Waals surface area contributed by atoms with E-state index in [-0.39, 0.29) is 67.4 Å². The number of ketones is 4. The first-order chi connectivity index (χ1) is 14.0. The van der Waals surface area contributed by atoms with Crippen molar-refractivity contribution >= 4 is 35.0 Å². The molecule has 0 radical (unpaired) electrons. The molecule has 1 heterocycles. The quantitative estimate of drug-likeness (QED) is 0.621. The maximum Gasteiger partial charge on any atom is 0.493 e. The predicted octanol–water partition coefficient (Wildman–Crippen LogP) is 2.42. The van der Waals surface area contributed by atoms with Crippen molar-refractivity contribution in [3.05, 3.63) is 0 Å². The molecule has 0 aromatic heterocycles. The van der Waals surface area contributed by atoms with Gasteiger partial charge < -0.3 is 4.84 Å². The van der Waals surface area contributed by atoms with Crippen molar-refractivity contribution in [2.45, 2.75) is 76.8 Å². The van der Waals surface area contributed by atoms with Crippen LogP contribution in [0.15, 0.2) is 0 Å². The fraction of sp³-hybridized carbons (Fsp3) is 0.684. The molecule has 0 spiro atoms. The molecule has 0 aromatic rings. The van der Waals surface area contributed by atoms with E-state index in [1.165, 1.54) is 0 Å². The summed E-state index contributed by atoms with van der Waals surface area (Å²) in [7, 11) is 0. The predicted molar refractivity (Wildman–Crippen MR) is 94.7 cm³/mol. The van der Waals surface area contributed by atoms with E-state index >= 15 is 0 Å². The first kappa shape index (κ1) is 25.4. The van der Waals surface area contributed by atoms with Crippen molar-refractivity contribution in [2.75, 3.05) is 6.54 Å². The van der Waals surface area contributed by atoms with Crippen LogP contribution in [0, 0.1) is 0 Å². The fourth-order valence-electron chi connectivity index (χ4n) is 2.71. The van der Waals surface area contributed by atoms with Gasteiger partial charge in [-0.3, -0.25) is 24.0 Å². The van der Waals surface area contributed by atoms with Crippen LogP contribution in [0.4, 0.5) is 13.2 Å². The van der Waals surface area contributed by atoms with Gasteiger partial charge in [0.05, 0.1) is 0 Å². The van der Waals surface area contributed by atoms with Crippen molar-refractivity contribution in [3.8, 4) is 0 Å². The number of hydrogen-bond donors (Lipinski definition) is 0. The Bertz CT molecular complexity index is 688. The maximum atomic E-state index is 12.4. The molecule has 11 heteroatoms. The van der Waals surface area contributed by atoms with Gasteiger partial charge >= 0.3 is 12.1 Å². The summed E-state index contributed by atoms with van der Waals surface area (Å²) in [5, 5.41) is -0.00228. The van der Waals surface area contributed by atoms with Gasteiger partial charge in [-0.25, -0.2) is 4.79 Å². The van der Waals surface area contributed by atoms with Gasteiger partial charge in [0.2, 0.25) is 0 Å². The number of Topliss-reactive ketones (excluding diaryl/α,β-unsaturated/α-hetero) is 4. The number of carbonyl (C=O) groups excluding carboxylic acids is 6. The molecule has 1 amide bonds. The Balaban J connectivity index is 2.83. The summed E-state index contributed by atoms with van der Waals surface area (Å²) in [5.74, 6) is -5.24. The highest BCUT2D eigenvalue weighted by atomic mass is 19.4. The Hall–Kier alpha value is -2.59. The molecule has 1 aliphatic rings. The second kappa shape index (κ2) is 12.2. The van der Waals surface area contributed by atoms with Crippen LogP contribution in [-0.4, -0.2) is 52.8 Å². The fourth-order valence-corrected chi connectivity index (χ4v) is 2.71. The molecule has 0 N–H and O–H groups in total. The lowest BCUT2D eigenvalue weighted by molar-refractivity contribution is -0.236. The van der Waals surface area contributed by atoms with Crippen LogP contribution in [0.25, 0.3) is 0 Å². The number of alkyl halides is 3. The third-order valence-electron chi connectivity index (χ3n) is 4.40. The van der Waals surface area contributed by atoms with E-state index in [4.69, 9.17) is 0 Å². The molecule has 30 heavy (non-hydrogen) atoms. The summed E-state index contributed by atoms with van der Waals surface area (Å²) in [6.45, 7) is -0.958. The summed E-state index contributed by atoms with van der Waals surface area (Å²) < 4.78 is 37.3. The standard InChI is InChI=1S/C19H24F3NO7/c20-19(21,22)18(29)30-23-12-16(27)9-8-15(26)7-3-6-13(24)4-1-2-5-14(25)10-11-17(23)28/h1-12H2. The van der Waals surface area contributed by atoms with Crippen LogP contribution < -0.4 is 0 Å². The van der Waals surface area contributed by atoms with Gasteiger partial charge in [0.15, 0.2) is 5.78 Å². The molecule has 0 saturated carbocycles. The van der Waals surface area contributed by atoms with Crippen LogP contribution in [0.1, 0.15) is 70.6 Å². The lowest BCUT2D eigenvalue weighted by Gasteiger charge is -2.21. The van der Waals surface area contributed by atoms with E-state index in [9.17, 15) is 41.9 Å². The Kier molecular flexibility index (Phi) is 10.3. The summed E-state index contributed by atoms with van der Waals surface area (Å²) in [6.07, 6.45) is -4.97. The van der Waals surface area contributed by atoms with Gasteiger partial charge in [-0.1, -0.05) is 0 Å². The zero-order chi connectivity index (χ0) is 22.7. The minimum atomic E-state index is -5.38. The number of amides is 1. The second-order valence-corrected chi connectivity index (χ2v) is 7.02. The number of halogens is 3. The molecular formula is C19H24F3NO7. The third kappa shape index (κ3) is 10.3. The Labute approximate surface area is 171 Å². The number of carbonyl (C=O) groups is 6. The van der Waals surface area contributed by atoms with E-state index in [1.54, 1.807) is 0 Å². The molecule has 8 nitrogen and oxygen atoms in total. The number of hydrogen-bond acceptors (Lipinski definition) is 7. The zero-order valence-corrected chi connectivity index (χ0v) is 16.4. The van der Waals surface area contributed by atoms with Crippen molar-refractivity contribution in [1.82, 2.24) is 5.06 Å². The van der Waals surface area contributed by atoms with Crippen molar-refractivity contribution in [2.24, 2.45) is 0 Å². The molecule has 0 unspecified atom stereocenters. The normalized spacial score (nSPS) is 20.0. The first-order valence-electron chi connectivity index (χ1n) is 9.65. The Morgan fingerprint density at radius 1 is 0.667 bits per heavy atom. The summed E-state index contributed by atoms with van der Waals surface area (Å²) in [5.41, 5.74) is 0. The van der Waals surface area contributed by atoms with Gasteiger partial charge in [0.1, 0.15) is 23.9 Å². The van der Waals surface area contributed by atoms with Crippen LogP contribution in [0.5, 0.6) is 0 Å². The summed E-state index contributed by atoms with van der Waals surface area (Å²) >= 11 is 0. The molecular weight excluding hydrogens is 411 g/mol. The van der Waals surface area contributed by atoms with E-state index in [0.717, 1.165) is 0 Å². The van der Waals surface area contributed by atoms with Gasteiger partial charge in [-0.05, 0) is 19.3 Å². The second-order valence-electron chi connectivity index (χ2n) is 7.02. The lowest BCUT2D eigenvalue weighted by Crippen LogP contribution is -2.41. The SMILES string of the molecule is O=C1CCCCC(=O)CCC(=O)N(OC(=O)C(F)(F)F)CC(=O)CCC(=O)CCC1. The first-order valence-corrected chi connectivity index (χ1v) is 9.65. The van der Waals surface area contributed by atoms with Crippen LogP contribution in [-0.2, 0) is 33.6 Å². The molecule has 0 bridgehead atoms. The van der Waals surface area contributed by atoms with E-state index in [1.807, 2.05) is 0 Å². The monoisotopic (exact) mass is 435 g/mol. The Morgan fingerprint density at radius 3 is 1.63 bits per heavy atom. The molecule has 1 fully saturated rings. The van der Waals surface area contributed by atoms with Crippen molar-refractivity contribution in [3.63, 3.8) is 0 Å². The Morgan fingerprint density at radius 2 is 1.10 bits per heavy atom. The van der Waals surface area contributed by atoms with Crippen LogP contribution in [0.3, 0.4) is 0 Å². The lowest BCUT2D eigenvalue weighted by atomic mass is 10.0. The highest BCUT2D eigenvalue weighted by Crippen LogP contribution is 2.18. The van der Waals surface area contributed by atoms with Crippen LogP contribution in [0.2, 0.25) is 0 Å².